The van der Waals surface area contributed by atoms with Crippen LogP contribution in [0.4, 0.5) is 0 Å². The van der Waals surface area contributed by atoms with Crippen molar-refractivity contribution in [3.63, 3.8) is 0 Å². The first-order valence-electron chi connectivity index (χ1n) is 3.25. The van der Waals surface area contributed by atoms with Crippen LogP contribution in [0, 0.1) is 5.92 Å². The summed E-state index contributed by atoms with van der Waals surface area (Å²) >= 11 is 0. The van der Waals surface area contributed by atoms with Crippen LogP contribution in [-0.4, -0.2) is 9.55 Å². The zero-order chi connectivity index (χ0) is 6.69. The van der Waals surface area contributed by atoms with Crippen molar-refractivity contribution in [2.75, 3.05) is 0 Å². The van der Waals surface area contributed by atoms with Crippen molar-refractivity contribution in [3.8, 4) is 0 Å². The molecule has 1 aromatic rings. The molecule has 10 heavy (non-hydrogen) atoms. The number of halogens is 1. The monoisotopic (exact) mass is 160 g/mol. The van der Waals surface area contributed by atoms with Crippen LogP contribution in [0.3, 0.4) is 0 Å². The summed E-state index contributed by atoms with van der Waals surface area (Å²) in [7, 11) is 0. The molecule has 0 fully saturated rings. The number of hydrogen-bond acceptors (Lipinski definition) is 1. The van der Waals surface area contributed by atoms with E-state index < -0.39 is 0 Å². The largest absolute Gasteiger partial charge is 0.337 e. The van der Waals surface area contributed by atoms with Gasteiger partial charge >= 0.3 is 0 Å². The molecule has 2 nitrogen and oxygen atoms in total. The van der Waals surface area contributed by atoms with Gasteiger partial charge in [-0.15, -0.1) is 12.4 Å². The van der Waals surface area contributed by atoms with Gasteiger partial charge in [0.2, 0.25) is 0 Å². The van der Waals surface area contributed by atoms with Gasteiger partial charge in [-0.3, -0.25) is 0 Å². The normalized spacial score (nSPS) is 9.50. The van der Waals surface area contributed by atoms with Crippen LogP contribution in [0.5, 0.6) is 0 Å². The molecule has 0 saturated carbocycles. The molecule has 0 atom stereocenters. The molecule has 0 bridgehead atoms. The third-order valence-corrected chi connectivity index (χ3v) is 1.14. The number of rotatable bonds is 2. The Morgan fingerprint density at radius 1 is 1.50 bits per heavy atom. The Bertz CT molecular complexity index is 158. The first kappa shape index (κ1) is 9.50. The summed E-state index contributed by atoms with van der Waals surface area (Å²) in [4.78, 5) is 3.94. The second-order valence-electron chi connectivity index (χ2n) is 2.65. The highest BCUT2D eigenvalue weighted by molar-refractivity contribution is 5.85. The Morgan fingerprint density at radius 3 is 2.60 bits per heavy atom. The average Bonchev–Trinajstić information content (AvgIpc) is 2.15. The van der Waals surface area contributed by atoms with E-state index in [0.717, 1.165) is 6.54 Å². The van der Waals surface area contributed by atoms with Gasteiger partial charge in [-0.05, 0) is 5.92 Å². The van der Waals surface area contributed by atoms with Crippen LogP contribution in [0.25, 0.3) is 0 Å². The second-order valence-corrected chi connectivity index (χ2v) is 2.65. The topological polar surface area (TPSA) is 17.8 Å². The van der Waals surface area contributed by atoms with Crippen LogP contribution >= 0.6 is 12.4 Å². The molecule has 0 N–H and O–H groups in total. The summed E-state index contributed by atoms with van der Waals surface area (Å²) in [6.07, 6.45) is 5.64. The van der Waals surface area contributed by atoms with Gasteiger partial charge in [-0.25, -0.2) is 4.98 Å². The van der Waals surface area contributed by atoms with E-state index >= 15 is 0 Å². The summed E-state index contributed by atoms with van der Waals surface area (Å²) in [5.74, 6) is 0.708. The fourth-order valence-corrected chi connectivity index (χ4v) is 0.816. The first-order chi connectivity index (χ1) is 4.29. The lowest BCUT2D eigenvalue weighted by atomic mass is 10.2. The third kappa shape index (κ3) is 2.87. The molecule has 1 rings (SSSR count). The third-order valence-electron chi connectivity index (χ3n) is 1.14. The molecule has 0 aliphatic heterocycles. The fraction of sp³-hybridized carbons (Fsp3) is 0.571. The summed E-state index contributed by atoms with van der Waals surface area (Å²) in [5, 5.41) is 0. The number of nitrogens with zero attached hydrogens (tertiary/aromatic N) is 2. The van der Waals surface area contributed by atoms with Crippen molar-refractivity contribution in [2.24, 2.45) is 5.92 Å². The molecule has 0 aliphatic rings. The highest BCUT2D eigenvalue weighted by Gasteiger charge is 1.92. The van der Waals surface area contributed by atoms with Crippen molar-refractivity contribution < 1.29 is 0 Å². The van der Waals surface area contributed by atoms with Crippen LogP contribution < -0.4 is 0 Å². The maximum atomic E-state index is 3.94. The maximum Gasteiger partial charge on any atom is 0.0945 e. The zero-order valence-electron chi connectivity index (χ0n) is 6.32. The van der Waals surface area contributed by atoms with Crippen LogP contribution in [0.1, 0.15) is 13.8 Å². The second kappa shape index (κ2) is 4.34. The SMILES string of the molecule is CC(C)Cn1ccnc1.Cl. The molecule has 0 radical (unpaired) electrons. The van der Waals surface area contributed by atoms with E-state index in [0.29, 0.717) is 5.92 Å². The molecule has 58 valence electrons. The Hall–Kier alpha value is -0.500. The Kier molecular flexibility index (Phi) is 4.12. The van der Waals surface area contributed by atoms with Crippen molar-refractivity contribution in [3.05, 3.63) is 18.7 Å². The van der Waals surface area contributed by atoms with Gasteiger partial charge in [0.1, 0.15) is 0 Å². The summed E-state index contributed by atoms with van der Waals surface area (Å²) in [6.45, 7) is 5.46. The van der Waals surface area contributed by atoms with Crippen LogP contribution in [-0.2, 0) is 6.54 Å². The van der Waals surface area contributed by atoms with Gasteiger partial charge in [0.15, 0.2) is 0 Å². The van der Waals surface area contributed by atoms with Gasteiger partial charge < -0.3 is 4.57 Å². The average molecular weight is 161 g/mol. The Balaban J connectivity index is 0.000000810. The van der Waals surface area contributed by atoms with Gasteiger partial charge in [0, 0.05) is 18.9 Å². The standard InChI is InChI=1S/C7H12N2.ClH/c1-7(2)5-9-4-3-8-6-9;/h3-4,6-7H,5H2,1-2H3;1H. The van der Waals surface area contributed by atoms with Gasteiger partial charge in [-0.1, -0.05) is 13.8 Å². The molecular weight excluding hydrogens is 148 g/mol. The van der Waals surface area contributed by atoms with E-state index in [1.54, 1.807) is 0 Å². The van der Waals surface area contributed by atoms with Crippen molar-refractivity contribution in [1.82, 2.24) is 9.55 Å². The van der Waals surface area contributed by atoms with E-state index in [1.165, 1.54) is 0 Å². The van der Waals surface area contributed by atoms with E-state index in [1.807, 2.05) is 18.7 Å². The lowest BCUT2D eigenvalue weighted by molar-refractivity contribution is 0.523. The summed E-state index contributed by atoms with van der Waals surface area (Å²) in [6, 6.07) is 0. The minimum atomic E-state index is 0. The number of hydrogen-bond donors (Lipinski definition) is 0. The van der Waals surface area contributed by atoms with Gasteiger partial charge in [-0.2, -0.15) is 0 Å². The molecule has 0 aliphatic carbocycles. The smallest absolute Gasteiger partial charge is 0.0945 e. The van der Waals surface area contributed by atoms with Gasteiger partial charge in [0.25, 0.3) is 0 Å². The molecule has 0 aromatic carbocycles. The highest BCUT2D eigenvalue weighted by atomic mass is 35.5. The van der Waals surface area contributed by atoms with E-state index in [2.05, 4.69) is 23.4 Å². The van der Waals surface area contributed by atoms with E-state index in [-0.39, 0.29) is 12.4 Å². The Labute approximate surface area is 67.7 Å². The number of aromatic nitrogens is 2. The highest BCUT2D eigenvalue weighted by Crippen LogP contribution is 1.96. The summed E-state index contributed by atoms with van der Waals surface area (Å²) in [5.41, 5.74) is 0. The molecule has 1 heterocycles. The quantitative estimate of drug-likeness (QED) is 0.647. The maximum absolute atomic E-state index is 3.94. The first-order valence-corrected chi connectivity index (χ1v) is 3.25. The van der Waals surface area contributed by atoms with Crippen LogP contribution in [0.15, 0.2) is 18.7 Å². The molecule has 0 spiro atoms. The molecule has 0 unspecified atom stereocenters. The predicted octanol–water partition coefficient (Wildman–Crippen LogP) is 1.96. The fourth-order valence-electron chi connectivity index (χ4n) is 0.816. The molecule has 1 aromatic heterocycles. The lowest BCUT2D eigenvalue weighted by Gasteiger charge is -2.03. The molecule has 0 amide bonds. The van der Waals surface area contributed by atoms with Crippen molar-refractivity contribution >= 4 is 12.4 Å². The van der Waals surface area contributed by atoms with Crippen LogP contribution in [0.2, 0.25) is 0 Å². The minimum Gasteiger partial charge on any atom is -0.337 e. The van der Waals surface area contributed by atoms with E-state index in [9.17, 15) is 0 Å². The molecule has 0 saturated heterocycles. The lowest BCUT2D eigenvalue weighted by Crippen LogP contribution is -2.00. The Morgan fingerprint density at radius 2 is 2.20 bits per heavy atom. The zero-order valence-corrected chi connectivity index (χ0v) is 7.14. The minimum absolute atomic E-state index is 0. The summed E-state index contributed by atoms with van der Waals surface area (Å²) < 4.78 is 2.09. The van der Waals surface area contributed by atoms with Gasteiger partial charge in [0.05, 0.1) is 6.33 Å². The van der Waals surface area contributed by atoms with Crippen molar-refractivity contribution in [2.45, 2.75) is 20.4 Å². The van der Waals surface area contributed by atoms with Crippen molar-refractivity contribution in [1.29, 1.82) is 0 Å². The van der Waals surface area contributed by atoms with E-state index in [4.69, 9.17) is 0 Å². The predicted molar refractivity (Wildman–Crippen MR) is 44.3 cm³/mol. The molecular formula is C7H13ClN2. The number of imidazole rings is 1. The molecule has 3 heteroatoms.